The maximum atomic E-state index is 13.7. The van der Waals surface area contributed by atoms with Crippen molar-refractivity contribution in [1.82, 2.24) is 14.5 Å². The second-order valence-electron chi connectivity index (χ2n) is 13.5. The highest BCUT2D eigenvalue weighted by molar-refractivity contribution is 6.62. The fourth-order valence-electron chi connectivity index (χ4n) is 4.58. The van der Waals surface area contributed by atoms with E-state index in [4.69, 9.17) is 23.8 Å². The van der Waals surface area contributed by atoms with E-state index in [1.807, 2.05) is 74.4 Å². The van der Waals surface area contributed by atoms with Gasteiger partial charge in [0.15, 0.2) is 0 Å². The first kappa shape index (κ1) is 31.9. The van der Waals surface area contributed by atoms with Gasteiger partial charge in [0, 0.05) is 36.9 Å². The quantitative estimate of drug-likeness (QED) is 0.356. The summed E-state index contributed by atoms with van der Waals surface area (Å²) in [5, 5.41) is 0. The number of carbonyl (C=O) groups excluding carboxylic acids is 2. The van der Waals surface area contributed by atoms with Crippen molar-refractivity contribution in [1.29, 1.82) is 0 Å². The zero-order valence-corrected chi connectivity index (χ0v) is 26.5. The number of rotatable bonds is 8. The minimum absolute atomic E-state index is 0.0138. The topological polar surface area (TPSA) is 92.1 Å². The third kappa shape index (κ3) is 7.38. The van der Waals surface area contributed by atoms with Crippen molar-refractivity contribution in [2.75, 3.05) is 19.7 Å². The van der Waals surface area contributed by atoms with E-state index in [1.165, 1.54) is 0 Å². The summed E-state index contributed by atoms with van der Waals surface area (Å²) in [7, 11) is -0.797. The van der Waals surface area contributed by atoms with Gasteiger partial charge in [-0.15, -0.1) is 0 Å². The van der Waals surface area contributed by atoms with Gasteiger partial charge in [0.1, 0.15) is 11.2 Å². The molecule has 0 spiro atoms. The van der Waals surface area contributed by atoms with Crippen LogP contribution in [0.1, 0.15) is 113 Å². The SMILES string of the molecule is CCOB(OC(C)(C)CC)c1c(C(C)C)c2nc(C3CN(C(=O)OC(C)(C)C)C3)ccc2n1C(=O)OC(C)(C)C. The molecule has 0 radical (unpaired) electrons. The molecule has 0 bridgehead atoms. The maximum Gasteiger partial charge on any atom is 0.512 e. The summed E-state index contributed by atoms with van der Waals surface area (Å²) in [6.45, 7) is 24.7. The van der Waals surface area contributed by atoms with Gasteiger partial charge >= 0.3 is 19.3 Å². The molecule has 3 rings (SSSR count). The molecule has 0 aliphatic carbocycles. The molecule has 222 valence electrons. The van der Waals surface area contributed by atoms with Crippen LogP contribution in [-0.4, -0.2) is 70.3 Å². The number of amides is 1. The Hall–Kier alpha value is -2.59. The number of hydrogen-bond donors (Lipinski definition) is 0. The number of aromatic nitrogens is 2. The standard InChI is InChI=1S/C30H48BN3O6/c1-13-30(11,12)40-31(37-14-2)25-23(19(3)4)24-22(34(25)27(36)39-29(8,9)10)16-15-21(32-24)20-17-33(18-20)26(35)38-28(5,6)7/h15-16,19-20H,13-14,17-18H2,1-12H3. The molecule has 0 aromatic carbocycles. The number of pyridine rings is 1. The monoisotopic (exact) mass is 557 g/mol. The van der Waals surface area contributed by atoms with Gasteiger partial charge in [0.05, 0.1) is 16.6 Å². The summed E-state index contributed by atoms with van der Waals surface area (Å²) in [5.74, 6) is 0.0862. The van der Waals surface area contributed by atoms with E-state index in [0.29, 0.717) is 36.3 Å². The lowest BCUT2D eigenvalue weighted by Crippen LogP contribution is -2.50. The molecule has 2 aromatic heterocycles. The van der Waals surface area contributed by atoms with Gasteiger partial charge in [-0.25, -0.2) is 9.59 Å². The molecule has 0 atom stereocenters. The van der Waals surface area contributed by atoms with Crippen molar-refractivity contribution in [3.8, 4) is 0 Å². The van der Waals surface area contributed by atoms with Crippen LogP contribution in [0.4, 0.5) is 9.59 Å². The van der Waals surface area contributed by atoms with Crippen LogP contribution in [-0.2, 0) is 18.8 Å². The van der Waals surface area contributed by atoms with Crippen LogP contribution in [0.3, 0.4) is 0 Å². The Morgan fingerprint density at radius 3 is 2.05 bits per heavy atom. The van der Waals surface area contributed by atoms with Gasteiger partial charge in [0.2, 0.25) is 0 Å². The van der Waals surface area contributed by atoms with Crippen LogP contribution in [0.2, 0.25) is 0 Å². The third-order valence-corrected chi connectivity index (χ3v) is 6.83. The van der Waals surface area contributed by atoms with Crippen molar-refractivity contribution < 1.29 is 28.4 Å². The van der Waals surface area contributed by atoms with Crippen molar-refractivity contribution >= 4 is 35.9 Å². The number of hydrogen-bond acceptors (Lipinski definition) is 7. The Morgan fingerprint density at radius 1 is 0.975 bits per heavy atom. The normalized spacial score (nSPS) is 15.0. The molecule has 0 saturated carbocycles. The van der Waals surface area contributed by atoms with Gasteiger partial charge < -0.3 is 23.7 Å². The lowest BCUT2D eigenvalue weighted by atomic mass is 9.77. The van der Waals surface area contributed by atoms with Crippen LogP contribution in [0, 0.1) is 0 Å². The molecule has 1 saturated heterocycles. The van der Waals surface area contributed by atoms with E-state index in [9.17, 15) is 9.59 Å². The summed E-state index contributed by atoms with van der Waals surface area (Å²) in [6, 6.07) is 3.85. The van der Waals surface area contributed by atoms with Crippen molar-refractivity contribution in [3.63, 3.8) is 0 Å². The van der Waals surface area contributed by atoms with E-state index < -0.39 is 30.0 Å². The minimum Gasteiger partial charge on any atom is -0.444 e. The highest BCUT2D eigenvalue weighted by atomic mass is 16.6. The van der Waals surface area contributed by atoms with Crippen molar-refractivity contribution in [2.45, 2.75) is 118 Å². The third-order valence-electron chi connectivity index (χ3n) is 6.83. The zero-order chi connectivity index (χ0) is 30.2. The van der Waals surface area contributed by atoms with Gasteiger partial charge in [-0.2, -0.15) is 0 Å². The molecule has 40 heavy (non-hydrogen) atoms. The predicted molar refractivity (Wildman–Crippen MR) is 158 cm³/mol. The molecule has 1 aliphatic rings. The Bertz CT molecular complexity index is 1220. The first-order valence-electron chi connectivity index (χ1n) is 14.4. The summed E-state index contributed by atoms with van der Waals surface area (Å²) >= 11 is 0. The van der Waals surface area contributed by atoms with Crippen LogP contribution >= 0.6 is 0 Å². The predicted octanol–water partition coefficient (Wildman–Crippen LogP) is 6.21. The molecule has 9 nitrogen and oxygen atoms in total. The molecule has 10 heteroatoms. The largest absolute Gasteiger partial charge is 0.512 e. The first-order chi connectivity index (χ1) is 18.4. The summed E-state index contributed by atoms with van der Waals surface area (Å²) < 4.78 is 25.6. The average Bonchev–Trinajstić information content (AvgIpc) is 3.10. The Labute approximate surface area is 240 Å². The zero-order valence-electron chi connectivity index (χ0n) is 26.5. The van der Waals surface area contributed by atoms with E-state index >= 15 is 0 Å². The first-order valence-corrected chi connectivity index (χ1v) is 14.4. The van der Waals surface area contributed by atoms with Crippen LogP contribution < -0.4 is 5.59 Å². The van der Waals surface area contributed by atoms with E-state index in [1.54, 1.807) is 9.47 Å². The molecule has 1 fully saturated rings. The Balaban J connectivity index is 2.13. The average molecular weight is 558 g/mol. The number of fused-ring (bicyclic) bond motifs is 1. The van der Waals surface area contributed by atoms with E-state index in [0.717, 1.165) is 17.7 Å². The minimum atomic E-state index is -0.797. The molecule has 3 heterocycles. The lowest BCUT2D eigenvalue weighted by molar-refractivity contribution is 0.00786. The molecule has 2 aromatic rings. The second kappa shape index (κ2) is 11.7. The van der Waals surface area contributed by atoms with E-state index in [2.05, 4.69) is 20.8 Å². The van der Waals surface area contributed by atoms with Crippen molar-refractivity contribution in [3.05, 3.63) is 23.4 Å². The van der Waals surface area contributed by atoms with Gasteiger partial charge in [0.25, 0.3) is 0 Å². The number of carbonyl (C=O) groups is 2. The maximum absolute atomic E-state index is 13.7. The summed E-state index contributed by atoms with van der Waals surface area (Å²) in [5.41, 5.74) is 1.99. The van der Waals surface area contributed by atoms with Crippen LogP contribution in [0.25, 0.3) is 11.0 Å². The highest BCUT2D eigenvalue weighted by Gasteiger charge is 2.40. The van der Waals surface area contributed by atoms with Crippen LogP contribution in [0.5, 0.6) is 0 Å². The van der Waals surface area contributed by atoms with Gasteiger partial charge in [-0.3, -0.25) is 9.55 Å². The fraction of sp³-hybridized carbons (Fsp3) is 0.700. The molecular weight excluding hydrogens is 509 g/mol. The molecule has 1 amide bonds. The fourth-order valence-corrected chi connectivity index (χ4v) is 4.58. The molecule has 1 aliphatic heterocycles. The van der Waals surface area contributed by atoms with E-state index in [-0.39, 0.29) is 17.9 Å². The second-order valence-corrected chi connectivity index (χ2v) is 13.5. The number of ether oxygens (including phenoxy) is 2. The number of likely N-dealkylation sites (tertiary alicyclic amines) is 1. The Kier molecular flexibility index (Phi) is 9.36. The van der Waals surface area contributed by atoms with Gasteiger partial charge in [-0.05, 0) is 92.3 Å². The Morgan fingerprint density at radius 2 is 1.55 bits per heavy atom. The van der Waals surface area contributed by atoms with Gasteiger partial charge in [-0.1, -0.05) is 20.8 Å². The smallest absolute Gasteiger partial charge is 0.444 e. The molecule has 0 unspecified atom stereocenters. The lowest BCUT2D eigenvalue weighted by Gasteiger charge is -2.39. The molecular formula is C30H48BN3O6. The van der Waals surface area contributed by atoms with Crippen molar-refractivity contribution in [2.24, 2.45) is 0 Å². The summed E-state index contributed by atoms with van der Waals surface area (Å²) in [6.07, 6.45) is -0.0593. The van der Waals surface area contributed by atoms with Crippen LogP contribution in [0.15, 0.2) is 12.1 Å². The highest BCUT2D eigenvalue weighted by Crippen LogP contribution is 2.32. The summed E-state index contributed by atoms with van der Waals surface area (Å²) in [4.78, 5) is 33.0. The number of nitrogens with zero attached hydrogens (tertiary/aromatic N) is 3. The molecule has 0 N–H and O–H groups in total.